The Morgan fingerprint density at radius 3 is 2.17 bits per heavy atom. The molecule has 0 saturated carbocycles. The molecule has 2 aromatic rings. The number of nitrogen functional groups attached to an aromatic ring is 1. The molecule has 258 valence electrons. The number of nitrogens with two attached hydrogens (primary N) is 1. The number of nitro benzene ring substituents is 1. The molecule has 4 atom stereocenters. The number of nitrogens with one attached hydrogen (secondary N) is 5. The van der Waals surface area contributed by atoms with E-state index < -0.39 is 64.5 Å². The third-order valence-corrected chi connectivity index (χ3v) is 7.67. The molecule has 16 heteroatoms. The summed E-state index contributed by atoms with van der Waals surface area (Å²) in [4.78, 5) is 89.1. The van der Waals surface area contributed by atoms with Crippen molar-refractivity contribution < 1.29 is 33.7 Å². The molecule has 48 heavy (non-hydrogen) atoms. The summed E-state index contributed by atoms with van der Waals surface area (Å²) in [5.41, 5.74) is 6.48. The van der Waals surface area contributed by atoms with Crippen LogP contribution in [0, 0.1) is 16.0 Å². The van der Waals surface area contributed by atoms with Crippen LogP contribution in [0.25, 0.3) is 0 Å². The highest BCUT2D eigenvalue weighted by molar-refractivity contribution is 6.01. The number of nitro groups is 1. The van der Waals surface area contributed by atoms with Crippen LogP contribution in [0.3, 0.4) is 0 Å². The maximum atomic E-state index is 13.2. The number of para-hydroxylation sites is 1. The van der Waals surface area contributed by atoms with Gasteiger partial charge in [-0.2, -0.15) is 0 Å². The standard InChI is InChI=1S/C32H42N8O8/c1-18(2)16-25(31(45)35-19(3)28(42)37-21-11-13-22(14-12-21)40(47)48)38-29(43)20(4)36-32(46)26-10-7-15-39(26)27(41)17-34-30(44)23-8-5-6-9-24(23)33/h5-6,8-9,11-14,18-20,25-26H,7,10,15-17,33H2,1-4H3,(H,34,44)(H,35,45)(H,36,46)(H,37,42)(H,38,43)/t19-,20-,25-,26-/m0/s1. The Morgan fingerprint density at radius 2 is 1.54 bits per heavy atom. The van der Waals surface area contributed by atoms with E-state index in [9.17, 15) is 38.9 Å². The fourth-order valence-corrected chi connectivity index (χ4v) is 5.07. The summed E-state index contributed by atoms with van der Waals surface area (Å²) >= 11 is 0. The number of non-ortho nitro benzene ring substituents is 1. The van der Waals surface area contributed by atoms with Crippen molar-refractivity contribution in [3.05, 3.63) is 64.2 Å². The average molecular weight is 667 g/mol. The largest absolute Gasteiger partial charge is 0.398 e. The Morgan fingerprint density at radius 1 is 0.896 bits per heavy atom. The molecule has 3 rings (SSSR count). The van der Waals surface area contributed by atoms with Crippen molar-refractivity contribution in [3.63, 3.8) is 0 Å². The second-order valence-electron chi connectivity index (χ2n) is 12.0. The van der Waals surface area contributed by atoms with Gasteiger partial charge >= 0.3 is 0 Å². The molecule has 1 fully saturated rings. The topological polar surface area (TPSA) is 235 Å². The molecule has 1 aliphatic heterocycles. The molecule has 0 bridgehead atoms. The monoisotopic (exact) mass is 666 g/mol. The molecule has 0 radical (unpaired) electrons. The minimum Gasteiger partial charge on any atom is -0.398 e. The van der Waals surface area contributed by atoms with E-state index in [1.54, 1.807) is 18.2 Å². The van der Waals surface area contributed by atoms with Gasteiger partial charge in [0.15, 0.2) is 0 Å². The van der Waals surface area contributed by atoms with Gasteiger partial charge in [0, 0.05) is 30.1 Å². The van der Waals surface area contributed by atoms with Crippen LogP contribution in [0.15, 0.2) is 48.5 Å². The van der Waals surface area contributed by atoms with E-state index in [0.717, 1.165) is 0 Å². The third kappa shape index (κ3) is 10.2. The number of rotatable bonds is 14. The molecule has 7 N–H and O–H groups in total. The zero-order valence-electron chi connectivity index (χ0n) is 27.3. The predicted molar refractivity (Wildman–Crippen MR) is 176 cm³/mol. The number of carbonyl (C=O) groups is 6. The second kappa shape index (κ2) is 16.9. The van der Waals surface area contributed by atoms with Crippen LogP contribution >= 0.6 is 0 Å². The number of hydrogen-bond acceptors (Lipinski definition) is 9. The zero-order chi connectivity index (χ0) is 35.5. The summed E-state index contributed by atoms with van der Waals surface area (Å²) in [6.45, 7) is 6.56. The predicted octanol–water partition coefficient (Wildman–Crippen LogP) is 1.08. The number of amides is 6. The van der Waals surface area contributed by atoms with Crippen LogP contribution in [-0.2, 0) is 24.0 Å². The van der Waals surface area contributed by atoms with E-state index >= 15 is 0 Å². The van der Waals surface area contributed by atoms with E-state index in [2.05, 4.69) is 26.6 Å². The molecule has 0 aromatic heterocycles. The van der Waals surface area contributed by atoms with Gasteiger partial charge in [0.1, 0.15) is 24.2 Å². The third-order valence-electron chi connectivity index (χ3n) is 7.67. The first kappa shape index (κ1) is 36.9. The fraction of sp³-hybridized carbons (Fsp3) is 0.438. The van der Waals surface area contributed by atoms with E-state index in [-0.39, 0.29) is 35.8 Å². The molecular weight excluding hydrogens is 624 g/mol. The van der Waals surface area contributed by atoms with E-state index in [1.807, 2.05) is 13.8 Å². The van der Waals surface area contributed by atoms with Gasteiger partial charge in [0.05, 0.1) is 17.0 Å². The van der Waals surface area contributed by atoms with Crippen LogP contribution in [0.4, 0.5) is 17.1 Å². The van der Waals surface area contributed by atoms with Crippen LogP contribution in [0.5, 0.6) is 0 Å². The molecular formula is C32H42N8O8. The quantitative estimate of drug-likeness (QED) is 0.0960. The van der Waals surface area contributed by atoms with Crippen molar-refractivity contribution >= 4 is 52.5 Å². The summed E-state index contributed by atoms with van der Waals surface area (Å²) in [6.07, 6.45) is 1.15. The highest BCUT2D eigenvalue weighted by Crippen LogP contribution is 2.18. The first-order chi connectivity index (χ1) is 22.7. The summed E-state index contributed by atoms with van der Waals surface area (Å²) in [6, 6.07) is 7.66. The number of nitrogens with zero attached hydrogens (tertiary/aromatic N) is 2. The van der Waals surface area contributed by atoms with Crippen molar-refractivity contribution in [2.75, 3.05) is 24.1 Å². The highest BCUT2D eigenvalue weighted by atomic mass is 16.6. The first-order valence-electron chi connectivity index (χ1n) is 15.6. The lowest BCUT2D eigenvalue weighted by Gasteiger charge is -2.27. The molecule has 6 amide bonds. The summed E-state index contributed by atoms with van der Waals surface area (Å²) in [7, 11) is 0. The SMILES string of the molecule is CC(C)C[C@H](NC(=O)[C@H](C)NC(=O)[C@@H]1CCCN1C(=O)CNC(=O)c1ccccc1N)C(=O)N[C@@H](C)C(=O)Nc1ccc([N+](=O)[O-])cc1. The molecule has 1 aliphatic rings. The van der Waals surface area contributed by atoms with Crippen molar-refractivity contribution in [1.29, 1.82) is 0 Å². The Bertz CT molecular complexity index is 1530. The van der Waals surface area contributed by atoms with Gasteiger partial charge in [-0.3, -0.25) is 38.9 Å². The maximum Gasteiger partial charge on any atom is 0.269 e. The number of anilines is 2. The van der Waals surface area contributed by atoms with Crippen molar-refractivity contribution in [3.8, 4) is 0 Å². The molecule has 1 saturated heterocycles. The van der Waals surface area contributed by atoms with Gasteiger partial charge < -0.3 is 37.2 Å². The van der Waals surface area contributed by atoms with Gasteiger partial charge in [-0.15, -0.1) is 0 Å². The smallest absolute Gasteiger partial charge is 0.269 e. The number of carbonyl (C=O) groups excluding carboxylic acids is 6. The normalized spacial score (nSPS) is 15.9. The van der Waals surface area contributed by atoms with Crippen LogP contribution in [-0.4, -0.2) is 82.5 Å². The number of benzene rings is 2. The zero-order valence-corrected chi connectivity index (χ0v) is 27.3. The molecule has 2 aromatic carbocycles. The van der Waals surface area contributed by atoms with Crippen molar-refractivity contribution in [2.24, 2.45) is 5.92 Å². The highest BCUT2D eigenvalue weighted by Gasteiger charge is 2.36. The molecule has 0 spiro atoms. The van der Waals surface area contributed by atoms with E-state index in [0.29, 0.717) is 25.1 Å². The van der Waals surface area contributed by atoms with Crippen molar-refractivity contribution in [2.45, 2.75) is 71.1 Å². The number of hydrogen-bond donors (Lipinski definition) is 6. The van der Waals surface area contributed by atoms with Gasteiger partial charge in [0.2, 0.25) is 29.5 Å². The Balaban J connectivity index is 1.54. The summed E-state index contributed by atoms with van der Waals surface area (Å²) in [5.74, 6) is -3.40. The van der Waals surface area contributed by atoms with Crippen LogP contribution in [0.1, 0.15) is 57.3 Å². The van der Waals surface area contributed by atoms with Gasteiger partial charge in [-0.1, -0.05) is 26.0 Å². The first-order valence-corrected chi connectivity index (χ1v) is 15.6. The molecule has 16 nitrogen and oxygen atoms in total. The Labute approximate surface area is 277 Å². The lowest BCUT2D eigenvalue weighted by atomic mass is 10.0. The van der Waals surface area contributed by atoms with Crippen LogP contribution < -0.4 is 32.3 Å². The Hall–Kier alpha value is -5.54. The lowest BCUT2D eigenvalue weighted by Crippen LogP contribution is -2.57. The number of likely N-dealkylation sites (tertiary alicyclic amines) is 1. The molecule has 0 aliphatic carbocycles. The lowest BCUT2D eigenvalue weighted by molar-refractivity contribution is -0.384. The molecule has 0 unspecified atom stereocenters. The van der Waals surface area contributed by atoms with Gasteiger partial charge in [-0.05, 0) is 63.3 Å². The van der Waals surface area contributed by atoms with Crippen LogP contribution in [0.2, 0.25) is 0 Å². The van der Waals surface area contributed by atoms with Crippen molar-refractivity contribution in [1.82, 2.24) is 26.2 Å². The Kier molecular flexibility index (Phi) is 13.0. The second-order valence-corrected chi connectivity index (χ2v) is 12.0. The van der Waals surface area contributed by atoms with E-state index in [4.69, 9.17) is 5.73 Å². The fourth-order valence-electron chi connectivity index (χ4n) is 5.07. The average Bonchev–Trinajstić information content (AvgIpc) is 3.54. The summed E-state index contributed by atoms with van der Waals surface area (Å²) in [5, 5.41) is 23.8. The molecule has 1 heterocycles. The minimum atomic E-state index is -1.07. The van der Waals surface area contributed by atoms with E-state index in [1.165, 1.54) is 49.1 Å². The minimum absolute atomic E-state index is 0.0212. The maximum absolute atomic E-state index is 13.2. The van der Waals surface area contributed by atoms with Gasteiger partial charge in [0.25, 0.3) is 11.6 Å². The summed E-state index contributed by atoms with van der Waals surface area (Å²) < 4.78 is 0. The van der Waals surface area contributed by atoms with Gasteiger partial charge in [-0.25, -0.2) is 0 Å².